The van der Waals surface area contributed by atoms with E-state index in [0.717, 1.165) is 37.6 Å². The lowest BCUT2D eigenvalue weighted by molar-refractivity contribution is -0.129. The Morgan fingerprint density at radius 1 is 1.33 bits per heavy atom. The van der Waals surface area contributed by atoms with Crippen LogP contribution in [0, 0.1) is 0 Å². The standard InChI is InChI=1S/C12H19N5O/c1-13-10-8-11(16-9-15-10)14-5-4-12(18)17-6-2-3-7-17/h8-9H,2-7H2,1H3,(H2,13,14,15,16). The second-order valence-corrected chi connectivity index (χ2v) is 4.30. The van der Waals surface area contributed by atoms with Crippen molar-refractivity contribution < 1.29 is 4.79 Å². The van der Waals surface area contributed by atoms with Crippen LogP contribution in [-0.4, -0.2) is 47.5 Å². The third-order valence-corrected chi connectivity index (χ3v) is 3.03. The summed E-state index contributed by atoms with van der Waals surface area (Å²) in [6, 6.07) is 1.82. The highest BCUT2D eigenvalue weighted by Gasteiger charge is 2.16. The molecule has 1 aliphatic rings. The lowest BCUT2D eigenvalue weighted by Gasteiger charge is -2.15. The van der Waals surface area contributed by atoms with Crippen LogP contribution in [0.3, 0.4) is 0 Å². The van der Waals surface area contributed by atoms with Gasteiger partial charge in [0.2, 0.25) is 5.91 Å². The molecule has 6 nitrogen and oxygen atoms in total. The SMILES string of the molecule is CNc1cc(NCCC(=O)N2CCCC2)ncn1. The van der Waals surface area contributed by atoms with Crippen LogP contribution in [0.15, 0.2) is 12.4 Å². The van der Waals surface area contributed by atoms with Gasteiger partial charge in [-0.15, -0.1) is 0 Å². The van der Waals surface area contributed by atoms with Crippen LogP contribution in [0.25, 0.3) is 0 Å². The van der Waals surface area contributed by atoms with Gasteiger partial charge < -0.3 is 15.5 Å². The summed E-state index contributed by atoms with van der Waals surface area (Å²) < 4.78 is 0. The van der Waals surface area contributed by atoms with E-state index in [4.69, 9.17) is 0 Å². The van der Waals surface area contributed by atoms with E-state index in [9.17, 15) is 4.79 Å². The molecule has 0 unspecified atom stereocenters. The molecule has 1 saturated heterocycles. The van der Waals surface area contributed by atoms with Crippen LogP contribution >= 0.6 is 0 Å². The zero-order chi connectivity index (χ0) is 12.8. The van der Waals surface area contributed by atoms with Gasteiger partial charge in [0, 0.05) is 39.2 Å². The van der Waals surface area contributed by atoms with Crippen molar-refractivity contribution in [2.75, 3.05) is 37.3 Å². The summed E-state index contributed by atoms with van der Waals surface area (Å²) in [5.74, 6) is 1.73. The van der Waals surface area contributed by atoms with E-state index in [2.05, 4.69) is 20.6 Å². The number of hydrogen-bond donors (Lipinski definition) is 2. The Morgan fingerprint density at radius 3 is 2.78 bits per heavy atom. The van der Waals surface area contributed by atoms with E-state index in [1.165, 1.54) is 6.33 Å². The number of likely N-dealkylation sites (tertiary alicyclic amines) is 1. The van der Waals surface area contributed by atoms with Crippen molar-refractivity contribution in [3.05, 3.63) is 12.4 Å². The summed E-state index contributed by atoms with van der Waals surface area (Å²) in [4.78, 5) is 21.9. The van der Waals surface area contributed by atoms with Crippen LogP contribution in [0.5, 0.6) is 0 Å². The minimum absolute atomic E-state index is 0.225. The van der Waals surface area contributed by atoms with Crippen molar-refractivity contribution in [3.8, 4) is 0 Å². The summed E-state index contributed by atoms with van der Waals surface area (Å²) >= 11 is 0. The molecule has 98 valence electrons. The number of aromatic nitrogens is 2. The first kappa shape index (κ1) is 12.6. The molecule has 0 aromatic carbocycles. The van der Waals surface area contributed by atoms with Gasteiger partial charge in [-0.1, -0.05) is 0 Å². The van der Waals surface area contributed by atoms with Crippen LogP contribution in [0.1, 0.15) is 19.3 Å². The molecule has 18 heavy (non-hydrogen) atoms. The highest BCUT2D eigenvalue weighted by molar-refractivity contribution is 5.76. The molecule has 1 fully saturated rings. The lowest BCUT2D eigenvalue weighted by atomic mass is 10.3. The number of amides is 1. The molecular weight excluding hydrogens is 230 g/mol. The van der Waals surface area contributed by atoms with Gasteiger partial charge in [0.15, 0.2) is 0 Å². The first-order chi connectivity index (χ1) is 8.79. The molecule has 2 heterocycles. The van der Waals surface area contributed by atoms with Gasteiger partial charge in [0.25, 0.3) is 0 Å². The highest BCUT2D eigenvalue weighted by atomic mass is 16.2. The smallest absolute Gasteiger partial charge is 0.224 e. The third-order valence-electron chi connectivity index (χ3n) is 3.03. The van der Waals surface area contributed by atoms with Crippen LogP contribution in [0.2, 0.25) is 0 Å². The Bertz CT molecular complexity index is 403. The first-order valence-corrected chi connectivity index (χ1v) is 6.31. The minimum Gasteiger partial charge on any atom is -0.373 e. The maximum absolute atomic E-state index is 11.8. The van der Waals surface area contributed by atoms with Gasteiger partial charge in [-0.2, -0.15) is 0 Å². The van der Waals surface area contributed by atoms with Gasteiger partial charge in [-0.3, -0.25) is 4.79 Å². The molecule has 0 bridgehead atoms. The van der Waals surface area contributed by atoms with Gasteiger partial charge in [0.1, 0.15) is 18.0 Å². The topological polar surface area (TPSA) is 70.2 Å². The van der Waals surface area contributed by atoms with E-state index < -0.39 is 0 Å². The van der Waals surface area contributed by atoms with Crippen LogP contribution < -0.4 is 10.6 Å². The summed E-state index contributed by atoms with van der Waals surface area (Å²) in [5, 5.41) is 6.08. The summed E-state index contributed by atoms with van der Waals surface area (Å²) in [6.45, 7) is 2.43. The average molecular weight is 249 g/mol. The largest absolute Gasteiger partial charge is 0.373 e. The highest BCUT2D eigenvalue weighted by Crippen LogP contribution is 2.10. The van der Waals surface area contributed by atoms with Crippen LogP contribution in [-0.2, 0) is 4.79 Å². The molecule has 0 saturated carbocycles. The molecule has 0 atom stereocenters. The molecule has 2 N–H and O–H groups in total. The number of anilines is 2. The second kappa shape index (κ2) is 6.18. The van der Waals surface area contributed by atoms with Gasteiger partial charge in [-0.25, -0.2) is 9.97 Å². The van der Waals surface area contributed by atoms with Crippen molar-refractivity contribution >= 4 is 17.5 Å². The molecular formula is C12H19N5O. The van der Waals surface area contributed by atoms with Crippen molar-refractivity contribution in [2.24, 2.45) is 0 Å². The molecule has 0 radical (unpaired) electrons. The Kier molecular flexibility index (Phi) is 4.33. The normalized spacial score (nSPS) is 14.6. The van der Waals surface area contributed by atoms with Gasteiger partial charge in [-0.05, 0) is 12.8 Å². The van der Waals surface area contributed by atoms with E-state index >= 15 is 0 Å². The van der Waals surface area contributed by atoms with Crippen LogP contribution in [0.4, 0.5) is 11.6 Å². The summed E-state index contributed by atoms with van der Waals surface area (Å²) in [5.41, 5.74) is 0. The zero-order valence-corrected chi connectivity index (χ0v) is 10.6. The lowest BCUT2D eigenvalue weighted by Crippen LogP contribution is -2.29. The van der Waals surface area contributed by atoms with E-state index in [1.807, 2.05) is 18.0 Å². The Morgan fingerprint density at radius 2 is 2.06 bits per heavy atom. The van der Waals surface area contributed by atoms with E-state index in [1.54, 1.807) is 0 Å². The number of carbonyl (C=O) groups is 1. The van der Waals surface area contributed by atoms with Crippen molar-refractivity contribution in [3.63, 3.8) is 0 Å². The molecule has 0 spiro atoms. The average Bonchev–Trinajstić information content (AvgIpc) is 2.93. The number of rotatable bonds is 5. The van der Waals surface area contributed by atoms with Gasteiger partial charge >= 0.3 is 0 Å². The molecule has 1 aromatic heterocycles. The fourth-order valence-electron chi connectivity index (χ4n) is 2.01. The first-order valence-electron chi connectivity index (χ1n) is 6.31. The van der Waals surface area contributed by atoms with Crippen molar-refractivity contribution in [1.29, 1.82) is 0 Å². The fourth-order valence-corrected chi connectivity index (χ4v) is 2.01. The summed E-state index contributed by atoms with van der Waals surface area (Å²) in [6.07, 6.45) is 4.28. The molecule has 2 rings (SSSR count). The monoisotopic (exact) mass is 249 g/mol. The number of hydrogen-bond acceptors (Lipinski definition) is 5. The molecule has 0 aliphatic carbocycles. The van der Waals surface area contributed by atoms with Gasteiger partial charge in [0.05, 0.1) is 0 Å². The Labute approximate surface area is 107 Å². The van der Waals surface area contributed by atoms with Crippen molar-refractivity contribution in [1.82, 2.24) is 14.9 Å². The molecule has 1 aliphatic heterocycles. The Hall–Kier alpha value is -1.85. The predicted molar refractivity (Wildman–Crippen MR) is 70.5 cm³/mol. The quantitative estimate of drug-likeness (QED) is 0.813. The maximum atomic E-state index is 11.8. The minimum atomic E-state index is 0.225. The zero-order valence-electron chi connectivity index (χ0n) is 10.6. The number of nitrogens with zero attached hydrogens (tertiary/aromatic N) is 3. The predicted octanol–water partition coefficient (Wildman–Crippen LogP) is 0.943. The number of carbonyl (C=O) groups excluding carboxylic acids is 1. The van der Waals surface area contributed by atoms with E-state index in [0.29, 0.717) is 13.0 Å². The molecule has 1 aromatic rings. The summed E-state index contributed by atoms with van der Waals surface area (Å²) in [7, 11) is 1.81. The molecule has 1 amide bonds. The molecule has 6 heteroatoms. The fraction of sp³-hybridized carbons (Fsp3) is 0.583. The maximum Gasteiger partial charge on any atom is 0.224 e. The Balaban J connectivity index is 1.75. The third kappa shape index (κ3) is 3.32. The van der Waals surface area contributed by atoms with Crippen molar-refractivity contribution in [2.45, 2.75) is 19.3 Å². The van der Waals surface area contributed by atoms with E-state index in [-0.39, 0.29) is 5.91 Å². The number of nitrogens with one attached hydrogen (secondary N) is 2. The second-order valence-electron chi connectivity index (χ2n) is 4.30.